The van der Waals surface area contributed by atoms with Crippen molar-refractivity contribution >= 4 is 23.2 Å². The van der Waals surface area contributed by atoms with Gasteiger partial charge in [0.25, 0.3) is 0 Å². The van der Waals surface area contributed by atoms with Gasteiger partial charge in [-0.05, 0) is 41.7 Å². The number of carbonyl (C=O) groups excluding carboxylic acids is 2. The van der Waals surface area contributed by atoms with Gasteiger partial charge in [0.2, 0.25) is 5.91 Å². The molecule has 1 fully saturated rings. The SMILES string of the molecule is CCCCN(Cc1ccsc1)C(=O)CC[C@@H]1CCOC1=O. The number of hydrogen-bond acceptors (Lipinski definition) is 4. The number of nitrogens with zero attached hydrogens (tertiary/aromatic N) is 1. The minimum Gasteiger partial charge on any atom is -0.465 e. The van der Waals surface area contributed by atoms with Gasteiger partial charge in [-0.15, -0.1) is 0 Å². The number of thiophene rings is 1. The average Bonchev–Trinajstić information content (AvgIpc) is 3.12. The number of ether oxygens (including phenoxy) is 1. The molecule has 116 valence electrons. The second-order valence-corrected chi connectivity index (χ2v) is 6.27. The molecule has 1 amide bonds. The third kappa shape index (κ3) is 4.84. The standard InChI is InChI=1S/C16H23NO3S/c1-2-3-8-17(11-13-7-10-21-12-13)15(18)5-4-14-6-9-20-16(14)19/h7,10,12,14H,2-6,8-9,11H2,1H3/t14-/m1/s1. The van der Waals surface area contributed by atoms with E-state index in [-0.39, 0.29) is 17.8 Å². The molecule has 1 saturated heterocycles. The van der Waals surface area contributed by atoms with Crippen LogP contribution in [0.25, 0.3) is 0 Å². The molecule has 0 spiro atoms. The van der Waals surface area contributed by atoms with E-state index in [1.54, 1.807) is 11.3 Å². The van der Waals surface area contributed by atoms with E-state index in [0.29, 0.717) is 26.0 Å². The van der Waals surface area contributed by atoms with Gasteiger partial charge >= 0.3 is 5.97 Å². The van der Waals surface area contributed by atoms with Crippen molar-refractivity contribution in [2.24, 2.45) is 5.92 Å². The van der Waals surface area contributed by atoms with E-state index in [1.165, 1.54) is 5.56 Å². The summed E-state index contributed by atoms with van der Waals surface area (Å²) in [5, 5.41) is 4.12. The first-order chi connectivity index (χ1) is 10.2. The van der Waals surface area contributed by atoms with Gasteiger partial charge in [0.05, 0.1) is 12.5 Å². The molecule has 0 radical (unpaired) electrons. The second-order valence-electron chi connectivity index (χ2n) is 5.49. The summed E-state index contributed by atoms with van der Waals surface area (Å²) in [6.07, 6.45) is 3.90. The molecular weight excluding hydrogens is 286 g/mol. The molecule has 0 N–H and O–H groups in total. The van der Waals surface area contributed by atoms with Crippen LogP contribution in [0.1, 0.15) is 44.6 Å². The smallest absolute Gasteiger partial charge is 0.309 e. The van der Waals surface area contributed by atoms with Gasteiger partial charge in [-0.25, -0.2) is 0 Å². The fourth-order valence-corrected chi connectivity index (χ4v) is 3.16. The summed E-state index contributed by atoms with van der Waals surface area (Å²) < 4.78 is 4.95. The monoisotopic (exact) mass is 309 g/mol. The molecule has 1 atom stereocenters. The number of rotatable bonds is 8. The van der Waals surface area contributed by atoms with E-state index in [4.69, 9.17) is 4.74 Å². The number of esters is 1. The van der Waals surface area contributed by atoms with Gasteiger partial charge in [0, 0.05) is 19.5 Å². The molecule has 1 aliphatic heterocycles. The summed E-state index contributed by atoms with van der Waals surface area (Å²) in [6, 6.07) is 2.06. The molecule has 2 rings (SSSR count). The molecule has 2 heterocycles. The highest BCUT2D eigenvalue weighted by atomic mass is 32.1. The zero-order valence-electron chi connectivity index (χ0n) is 12.5. The lowest BCUT2D eigenvalue weighted by molar-refractivity contribution is -0.141. The van der Waals surface area contributed by atoms with Gasteiger partial charge in [0.15, 0.2) is 0 Å². The quantitative estimate of drug-likeness (QED) is 0.693. The Hall–Kier alpha value is -1.36. The van der Waals surface area contributed by atoms with Crippen molar-refractivity contribution in [3.8, 4) is 0 Å². The Bertz CT molecular complexity index is 458. The highest BCUT2D eigenvalue weighted by Crippen LogP contribution is 2.21. The van der Waals surface area contributed by atoms with E-state index in [2.05, 4.69) is 18.4 Å². The van der Waals surface area contributed by atoms with Crippen molar-refractivity contribution in [1.29, 1.82) is 0 Å². The van der Waals surface area contributed by atoms with Crippen molar-refractivity contribution in [3.63, 3.8) is 0 Å². The maximum absolute atomic E-state index is 12.4. The van der Waals surface area contributed by atoms with Gasteiger partial charge in [-0.2, -0.15) is 11.3 Å². The van der Waals surface area contributed by atoms with Gasteiger partial charge in [-0.3, -0.25) is 9.59 Å². The van der Waals surface area contributed by atoms with Crippen LogP contribution in [0.15, 0.2) is 16.8 Å². The Morgan fingerprint density at radius 1 is 1.52 bits per heavy atom. The van der Waals surface area contributed by atoms with Crippen LogP contribution in [0.5, 0.6) is 0 Å². The van der Waals surface area contributed by atoms with Crippen LogP contribution in [0.4, 0.5) is 0 Å². The van der Waals surface area contributed by atoms with E-state index >= 15 is 0 Å². The van der Waals surface area contributed by atoms with Crippen LogP contribution >= 0.6 is 11.3 Å². The van der Waals surface area contributed by atoms with Crippen molar-refractivity contribution in [2.45, 2.75) is 45.6 Å². The van der Waals surface area contributed by atoms with Crippen LogP contribution in [-0.4, -0.2) is 29.9 Å². The zero-order chi connectivity index (χ0) is 15.1. The molecule has 0 saturated carbocycles. The van der Waals surface area contributed by atoms with Crippen LogP contribution < -0.4 is 0 Å². The number of cyclic esters (lactones) is 1. The van der Waals surface area contributed by atoms with Gasteiger partial charge in [0.1, 0.15) is 0 Å². The highest BCUT2D eigenvalue weighted by molar-refractivity contribution is 7.07. The van der Waals surface area contributed by atoms with E-state index in [9.17, 15) is 9.59 Å². The molecule has 0 aromatic carbocycles. The Morgan fingerprint density at radius 3 is 3.00 bits per heavy atom. The molecule has 1 aliphatic rings. The van der Waals surface area contributed by atoms with E-state index in [0.717, 1.165) is 25.8 Å². The van der Waals surface area contributed by atoms with Crippen molar-refractivity contribution < 1.29 is 14.3 Å². The highest BCUT2D eigenvalue weighted by Gasteiger charge is 2.27. The predicted molar refractivity (Wildman–Crippen MR) is 82.9 cm³/mol. The molecule has 21 heavy (non-hydrogen) atoms. The van der Waals surface area contributed by atoms with Crippen LogP contribution in [0, 0.1) is 5.92 Å². The molecule has 0 unspecified atom stereocenters. The zero-order valence-corrected chi connectivity index (χ0v) is 13.4. The molecule has 0 bridgehead atoms. The summed E-state index contributed by atoms with van der Waals surface area (Å²) in [4.78, 5) is 25.8. The Balaban J connectivity index is 1.85. The minimum absolute atomic E-state index is 0.0804. The number of hydrogen-bond donors (Lipinski definition) is 0. The van der Waals surface area contributed by atoms with Crippen molar-refractivity contribution in [2.75, 3.05) is 13.2 Å². The molecular formula is C16H23NO3S. The minimum atomic E-state index is -0.138. The molecule has 0 aliphatic carbocycles. The number of amides is 1. The Kier molecular flexibility index (Phi) is 6.23. The summed E-state index contributed by atoms with van der Waals surface area (Å²) in [5.74, 6) is -0.0711. The predicted octanol–water partition coefficient (Wildman–Crippen LogP) is 3.22. The van der Waals surface area contributed by atoms with Crippen LogP contribution in [-0.2, 0) is 20.9 Å². The molecule has 1 aromatic heterocycles. The van der Waals surface area contributed by atoms with E-state index in [1.807, 2.05) is 10.3 Å². The lowest BCUT2D eigenvalue weighted by atomic mass is 10.0. The first-order valence-corrected chi connectivity index (χ1v) is 8.60. The van der Waals surface area contributed by atoms with Crippen molar-refractivity contribution in [1.82, 2.24) is 4.90 Å². The topological polar surface area (TPSA) is 46.6 Å². The number of carbonyl (C=O) groups is 2. The van der Waals surface area contributed by atoms with Crippen LogP contribution in [0.2, 0.25) is 0 Å². The third-order valence-electron chi connectivity index (χ3n) is 3.84. The summed E-state index contributed by atoms with van der Waals surface area (Å²) in [6.45, 7) is 4.10. The summed E-state index contributed by atoms with van der Waals surface area (Å²) >= 11 is 1.65. The Labute approximate surface area is 130 Å². The molecule has 4 nitrogen and oxygen atoms in total. The Morgan fingerprint density at radius 2 is 2.38 bits per heavy atom. The average molecular weight is 309 g/mol. The summed E-state index contributed by atoms with van der Waals surface area (Å²) in [5.41, 5.74) is 1.18. The lowest BCUT2D eigenvalue weighted by Gasteiger charge is -2.22. The van der Waals surface area contributed by atoms with Crippen molar-refractivity contribution in [3.05, 3.63) is 22.4 Å². The van der Waals surface area contributed by atoms with E-state index < -0.39 is 0 Å². The first kappa shape index (κ1) is 16.0. The number of unbranched alkanes of at least 4 members (excludes halogenated alkanes) is 1. The first-order valence-electron chi connectivity index (χ1n) is 7.66. The maximum atomic E-state index is 12.4. The normalized spacial score (nSPS) is 17.8. The fraction of sp³-hybridized carbons (Fsp3) is 0.625. The molecule has 5 heteroatoms. The maximum Gasteiger partial charge on any atom is 0.309 e. The third-order valence-corrected chi connectivity index (χ3v) is 4.57. The second kappa shape index (κ2) is 8.17. The fourth-order valence-electron chi connectivity index (χ4n) is 2.50. The largest absolute Gasteiger partial charge is 0.465 e. The summed E-state index contributed by atoms with van der Waals surface area (Å²) in [7, 11) is 0. The van der Waals surface area contributed by atoms with Gasteiger partial charge < -0.3 is 9.64 Å². The lowest BCUT2D eigenvalue weighted by Crippen LogP contribution is -2.31. The van der Waals surface area contributed by atoms with Crippen LogP contribution in [0.3, 0.4) is 0 Å². The molecule has 1 aromatic rings. The van der Waals surface area contributed by atoms with Gasteiger partial charge in [-0.1, -0.05) is 13.3 Å².